The van der Waals surface area contributed by atoms with Crippen molar-refractivity contribution in [3.8, 4) is 22.3 Å². The third-order valence-corrected chi connectivity index (χ3v) is 16.4. The Hall–Kier alpha value is -6.84. The van der Waals surface area contributed by atoms with Gasteiger partial charge in [-0.3, -0.25) is 0 Å². The molecule has 2 aliphatic carbocycles. The topological polar surface area (TPSA) is 19.6 Å². The van der Waals surface area contributed by atoms with Crippen molar-refractivity contribution >= 4 is 56.1 Å². The second kappa shape index (κ2) is 16.3. The summed E-state index contributed by atoms with van der Waals surface area (Å²) < 4.78 is 7.17. The highest BCUT2D eigenvalue weighted by molar-refractivity contribution is 6.21. The van der Waals surface area contributed by atoms with Crippen molar-refractivity contribution in [3.05, 3.63) is 202 Å². The van der Waals surface area contributed by atoms with Crippen molar-refractivity contribution in [2.24, 2.45) is 0 Å². The first kappa shape index (κ1) is 48.4. The van der Waals surface area contributed by atoms with Crippen LogP contribution in [0.15, 0.2) is 162 Å². The van der Waals surface area contributed by atoms with Crippen molar-refractivity contribution < 1.29 is 4.42 Å². The van der Waals surface area contributed by atoms with Gasteiger partial charge < -0.3 is 14.2 Å². The first-order chi connectivity index (χ1) is 34.2. The smallest absolute Gasteiger partial charge is 0.144 e. The largest absolute Gasteiger partial charge is 0.455 e. The van der Waals surface area contributed by atoms with Crippen LogP contribution in [-0.2, 0) is 32.5 Å². The van der Waals surface area contributed by atoms with Gasteiger partial charge in [0.1, 0.15) is 11.2 Å². The highest BCUT2D eigenvalue weighted by Gasteiger charge is 2.49. The Morgan fingerprint density at radius 1 is 0.356 bits per heavy atom. The van der Waals surface area contributed by atoms with Crippen molar-refractivity contribution in [3.63, 3.8) is 0 Å². The van der Waals surface area contributed by atoms with Crippen LogP contribution >= 0.6 is 0 Å². The van der Waals surface area contributed by atoms with Crippen LogP contribution in [0.1, 0.15) is 155 Å². The van der Waals surface area contributed by atoms with E-state index in [2.05, 4.69) is 278 Å². The summed E-state index contributed by atoms with van der Waals surface area (Å²) in [5.41, 5.74) is 24.0. The molecule has 0 amide bonds. The van der Waals surface area contributed by atoms with Gasteiger partial charge in [-0.1, -0.05) is 190 Å². The molecule has 9 aromatic rings. The van der Waals surface area contributed by atoms with E-state index in [4.69, 9.17) is 4.42 Å². The number of furan rings is 1. The van der Waals surface area contributed by atoms with Gasteiger partial charge in [0.2, 0.25) is 0 Å². The van der Waals surface area contributed by atoms with Gasteiger partial charge in [-0.15, -0.1) is 0 Å². The number of nitrogens with zero attached hydrogens (tertiary/aromatic N) is 2. The molecule has 0 fully saturated rings. The number of para-hydroxylation sites is 1. The summed E-state index contributed by atoms with van der Waals surface area (Å²) in [5.74, 6) is 0. The second-order valence-corrected chi connectivity index (χ2v) is 26.4. The van der Waals surface area contributed by atoms with Gasteiger partial charge in [-0.25, -0.2) is 0 Å². The minimum atomic E-state index is -0.368. The van der Waals surface area contributed by atoms with E-state index in [1.165, 1.54) is 72.1 Å². The van der Waals surface area contributed by atoms with E-state index in [9.17, 15) is 0 Å². The summed E-state index contributed by atoms with van der Waals surface area (Å²) in [7, 11) is 0. The predicted octanol–water partition coefficient (Wildman–Crippen LogP) is 20.3. The third kappa shape index (κ3) is 7.83. The Morgan fingerprint density at radius 2 is 0.671 bits per heavy atom. The molecule has 0 aliphatic heterocycles. The fourth-order valence-corrected chi connectivity index (χ4v) is 12.2. The molecule has 370 valence electrons. The zero-order valence-electron chi connectivity index (χ0n) is 46.3. The third-order valence-electron chi connectivity index (χ3n) is 16.4. The minimum absolute atomic E-state index is 0.0501. The Balaban J connectivity index is 1.10. The van der Waals surface area contributed by atoms with E-state index < -0.39 is 0 Å². The molecule has 0 spiro atoms. The van der Waals surface area contributed by atoms with E-state index in [1.807, 2.05) is 0 Å². The summed E-state index contributed by atoms with van der Waals surface area (Å²) in [4.78, 5) is 4.89. The standard InChI is InChI=1S/C70H74N2O/c1-65(2,3)43-21-29-47(30-22-43)71(48-31-23-44(24-32-48)66(4,5)6)51-37-39-53-56(41-51)69(13,14)62-59(53)60-55-19-17-18-20-58(55)73-64(60)61-54-40-38-52(42-57(54)70(15,16)63(61)62)72(49-33-25-45(26-34-49)67(7,8)9)50-35-27-46(28-36-50)68(10,11)12/h17-42H,1-16H3. The average Bonchev–Trinajstić information content (AvgIpc) is 3.91. The van der Waals surface area contributed by atoms with E-state index in [-0.39, 0.29) is 32.5 Å². The quantitative estimate of drug-likeness (QED) is 0.166. The van der Waals surface area contributed by atoms with Crippen LogP contribution in [0.4, 0.5) is 34.1 Å². The molecule has 73 heavy (non-hydrogen) atoms. The maximum absolute atomic E-state index is 7.17. The molecule has 0 radical (unpaired) electrons. The fourth-order valence-electron chi connectivity index (χ4n) is 12.2. The van der Waals surface area contributed by atoms with E-state index in [0.29, 0.717) is 0 Å². The Morgan fingerprint density at radius 3 is 1.03 bits per heavy atom. The summed E-state index contributed by atoms with van der Waals surface area (Å²) in [6, 6.07) is 60.0. The summed E-state index contributed by atoms with van der Waals surface area (Å²) >= 11 is 0. The Bertz CT molecular complexity index is 3490. The normalized spacial score (nSPS) is 14.8. The van der Waals surface area contributed by atoms with Gasteiger partial charge in [-0.2, -0.15) is 0 Å². The van der Waals surface area contributed by atoms with Crippen LogP contribution in [0.25, 0.3) is 44.2 Å². The number of hydrogen-bond acceptors (Lipinski definition) is 3. The monoisotopic (exact) mass is 959 g/mol. The van der Waals surface area contributed by atoms with Gasteiger partial charge in [0.15, 0.2) is 0 Å². The molecule has 0 bridgehead atoms. The molecule has 3 nitrogen and oxygen atoms in total. The maximum Gasteiger partial charge on any atom is 0.144 e. The average molecular weight is 959 g/mol. The highest BCUT2D eigenvalue weighted by Crippen LogP contribution is 2.64. The summed E-state index contributed by atoms with van der Waals surface area (Å²) in [6.07, 6.45) is 0. The fraction of sp³-hybridized carbons (Fsp3) is 0.314. The predicted molar refractivity (Wildman–Crippen MR) is 313 cm³/mol. The summed E-state index contributed by atoms with van der Waals surface area (Å²) in [6.45, 7) is 37.3. The molecular formula is C70H74N2O. The molecule has 1 heterocycles. The van der Waals surface area contributed by atoms with Crippen molar-refractivity contribution in [1.82, 2.24) is 0 Å². The van der Waals surface area contributed by atoms with Crippen LogP contribution in [0.3, 0.4) is 0 Å². The van der Waals surface area contributed by atoms with E-state index in [1.54, 1.807) is 0 Å². The molecule has 8 aromatic carbocycles. The molecule has 1 aromatic heterocycles. The van der Waals surface area contributed by atoms with Crippen molar-refractivity contribution in [2.75, 3.05) is 9.80 Å². The lowest BCUT2D eigenvalue weighted by Gasteiger charge is -2.32. The molecular weight excluding hydrogens is 885 g/mol. The lowest BCUT2D eigenvalue weighted by Crippen LogP contribution is -2.24. The SMILES string of the molecule is CC(C)(C)c1ccc(N(c2ccc(C(C)(C)C)cc2)c2ccc3c(c2)C(C)(C)c2c4c(c5c(oc6ccccc65)c2-3)-c2ccc(N(c3ccc(C(C)(C)C)cc3)c3ccc(C(C)(C)C)cc3)cc2C4(C)C)cc1. The van der Waals surface area contributed by atoms with Crippen LogP contribution in [0.2, 0.25) is 0 Å². The highest BCUT2D eigenvalue weighted by atomic mass is 16.3. The van der Waals surface area contributed by atoms with Gasteiger partial charge in [0.25, 0.3) is 0 Å². The van der Waals surface area contributed by atoms with Crippen LogP contribution in [0, 0.1) is 0 Å². The molecule has 11 rings (SSSR count). The molecule has 0 saturated heterocycles. The first-order valence-corrected chi connectivity index (χ1v) is 26.6. The van der Waals surface area contributed by atoms with Crippen LogP contribution < -0.4 is 9.80 Å². The number of hydrogen-bond donors (Lipinski definition) is 0. The van der Waals surface area contributed by atoms with Crippen LogP contribution in [0.5, 0.6) is 0 Å². The number of fused-ring (bicyclic) bond motifs is 12. The van der Waals surface area contributed by atoms with Gasteiger partial charge in [0, 0.05) is 61.3 Å². The zero-order valence-corrected chi connectivity index (χ0v) is 46.3. The van der Waals surface area contributed by atoms with E-state index in [0.717, 1.165) is 50.7 Å². The lowest BCUT2D eigenvalue weighted by molar-refractivity contribution is 0.590. The zero-order chi connectivity index (χ0) is 51.9. The molecule has 2 aliphatic rings. The Labute approximate surface area is 435 Å². The molecule has 0 N–H and O–H groups in total. The lowest BCUT2D eigenvalue weighted by atomic mass is 9.72. The van der Waals surface area contributed by atoms with Gasteiger partial charge in [0.05, 0.1) is 0 Å². The van der Waals surface area contributed by atoms with Crippen molar-refractivity contribution in [2.45, 2.75) is 143 Å². The van der Waals surface area contributed by atoms with Crippen molar-refractivity contribution in [1.29, 1.82) is 0 Å². The van der Waals surface area contributed by atoms with Crippen LogP contribution in [-0.4, -0.2) is 0 Å². The molecule has 3 heteroatoms. The summed E-state index contributed by atoms with van der Waals surface area (Å²) in [5, 5.41) is 2.37. The first-order valence-electron chi connectivity index (χ1n) is 26.6. The molecule has 0 saturated carbocycles. The second-order valence-electron chi connectivity index (χ2n) is 26.4. The van der Waals surface area contributed by atoms with E-state index >= 15 is 0 Å². The van der Waals surface area contributed by atoms with Gasteiger partial charge in [-0.05, 0) is 162 Å². The Kier molecular flexibility index (Phi) is 10.8. The molecule has 0 atom stereocenters. The molecule has 0 unspecified atom stereocenters. The number of benzene rings is 8. The minimum Gasteiger partial charge on any atom is -0.455 e. The maximum atomic E-state index is 7.17. The van der Waals surface area contributed by atoms with Gasteiger partial charge >= 0.3 is 0 Å². The number of rotatable bonds is 6. The number of anilines is 6.